The Labute approximate surface area is 147 Å². The first-order valence-electron chi connectivity index (χ1n) is 8.61. The Balaban J connectivity index is 3.31. The highest BCUT2D eigenvalue weighted by molar-refractivity contribution is 6.78. The molecule has 1 aromatic carbocycles. The maximum absolute atomic E-state index is 11.8. The summed E-state index contributed by atoms with van der Waals surface area (Å²) < 4.78 is 6.77. The largest absolute Gasteiger partial charge is 0.543 e. The van der Waals surface area contributed by atoms with Gasteiger partial charge in [0.1, 0.15) is 5.75 Å². The van der Waals surface area contributed by atoms with E-state index < -0.39 is 8.32 Å². The van der Waals surface area contributed by atoms with E-state index in [9.17, 15) is 4.79 Å². The minimum absolute atomic E-state index is 0.0199. The lowest BCUT2D eigenvalue weighted by molar-refractivity contribution is 0.102. The van der Waals surface area contributed by atoms with Gasteiger partial charge in [0.2, 0.25) is 0 Å². The third-order valence-electron chi connectivity index (χ3n) is 4.88. The Morgan fingerprint density at radius 1 is 1.09 bits per heavy atom. The van der Waals surface area contributed by atoms with Crippen molar-refractivity contribution in [3.05, 3.63) is 29.3 Å². The van der Waals surface area contributed by atoms with Gasteiger partial charge in [0.05, 0.1) is 5.88 Å². The van der Waals surface area contributed by atoms with Gasteiger partial charge in [-0.3, -0.25) is 4.79 Å². The average molecular weight is 355 g/mol. The van der Waals surface area contributed by atoms with E-state index in [0.717, 1.165) is 17.7 Å². The van der Waals surface area contributed by atoms with Crippen LogP contribution in [0.1, 0.15) is 64.4 Å². The summed E-state index contributed by atoms with van der Waals surface area (Å²) in [6.07, 6.45) is 0.845. The van der Waals surface area contributed by atoms with Crippen LogP contribution in [-0.2, 0) is 6.42 Å². The van der Waals surface area contributed by atoms with Crippen LogP contribution >= 0.6 is 11.6 Å². The van der Waals surface area contributed by atoms with Crippen molar-refractivity contribution >= 4 is 25.7 Å². The van der Waals surface area contributed by atoms with Gasteiger partial charge in [-0.05, 0) is 46.8 Å². The van der Waals surface area contributed by atoms with Crippen LogP contribution in [0.2, 0.25) is 16.6 Å². The van der Waals surface area contributed by atoms with E-state index in [2.05, 4.69) is 48.5 Å². The molecule has 0 aliphatic rings. The van der Waals surface area contributed by atoms with E-state index in [1.807, 2.05) is 18.2 Å². The van der Waals surface area contributed by atoms with Gasteiger partial charge in [0.25, 0.3) is 8.32 Å². The summed E-state index contributed by atoms with van der Waals surface area (Å²) in [6, 6.07) is 5.76. The molecule has 1 rings (SSSR count). The molecule has 0 bridgehead atoms. The Morgan fingerprint density at radius 2 is 1.61 bits per heavy atom. The number of halogens is 1. The van der Waals surface area contributed by atoms with Gasteiger partial charge < -0.3 is 4.43 Å². The second kappa shape index (κ2) is 8.34. The van der Waals surface area contributed by atoms with Crippen molar-refractivity contribution in [3.63, 3.8) is 0 Å². The standard InChI is InChI=1S/C19H31ClO2Si/c1-8-16-11-17(18(21)12-20)9-10-19(16)22-23(13(2)3,14(4)5)15(6)7/h9-11,13-15H,8,12H2,1-7H3. The third kappa shape index (κ3) is 4.19. The Bertz CT molecular complexity index is 516. The summed E-state index contributed by atoms with van der Waals surface area (Å²) in [5.41, 5.74) is 3.35. The second-order valence-electron chi connectivity index (χ2n) is 7.15. The van der Waals surface area contributed by atoms with E-state index in [1.165, 1.54) is 0 Å². The fourth-order valence-electron chi connectivity index (χ4n) is 3.75. The highest BCUT2D eigenvalue weighted by Crippen LogP contribution is 2.43. The minimum Gasteiger partial charge on any atom is -0.543 e. The minimum atomic E-state index is -1.98. The van der Waals surface area contributed by atoms with Crippen molar-refractivity contribution in [1.82, 2.24) is 0 Å². The molecule has 0 unspecified atom stereocenters. The molecule has 0 saturated heterocycles. The van der Waals surface area contributed by atoms with Crippen molar-refractivity contribution in [1.29, 1.82) is 0 Å². The lowest BCUT2D eigenvalue weighted by Gasteiger charge is -2.42. The molecule has 0 aromatic heterocycles. The van der Waals surface area contributed by atoms with E-state index in [-0.39, 0.29) is 11.7 Å². The van der Waals surface area contributed by atoms with Crippen LogP contribution in [0.3, 0.4) is 0 Å². The molecule has 0 atom stereocenters. The van der Waals surface area contributed by atoms with E-state index in [1.54, 1.807) is 0 Å². The molecule has 0 aliphatic heterocycles. The van der Waals surface area contributed by atoms with Crippen molar-refractivity contribution < 1.29 is 9.22 Å². The number of aryl methyl sites for hydroxylation is 1. The fourth-order valence-corrected chi connectivity index (χ4v) is 9.19. The maximum atomic E-state index is 11.8. The van der Waals surface area contributed by atoms with Gasteiger partial charge in [-0.15, -0.1) is 11.6 Å². The summed E-state index contributed by atoms with van der Waals surface area (Å²) in [5, 5.41) is 0. The molecule has 0 saturated carbocycles. The summed E-state index contributed by atoms with van der Waals surface area (Å²) in [6.45, 7) is 15.8. The molecule has 23 heavy (non-hydrogen) atoms. The summed E-state index contributed by atoms with van der Waals surface area (Å²) in [4.78, 5) is 11.8. The second-order valence-corrected chi connectivity index (χ2v) is 12.8. The molecule has 0 spiro atoms. The van der Waals surface area contributed by atoms with Crippen molar-refractivity contribution in [3.8, 4) is 5.75 Å². The summed E-state index contributed by atoms with van der Waals surface area (Å²) in [5.74, 6) is 0.931. The first-order chi connectivity index (χ1) is 10.7. The van der Waals surface area contributed by atoms with Crippen LogP contribution in [0.4, 0.5) is 0 Å². The normalized spacial score (nSPS) is 12.3. The predicted octanol–water partition coefficient (Wildman–Crippen LogP) is 6.22. The number of hydrogen-bond donors (Lipinski definition) is 0. The van der Waals surface area contributed by atoms with Gasteiger partial charge in [-0.1, -0.05) is 48.5 Å². The summed E-state index contributed by atoms with van der Waals surface area (Å²) >= 11 is 5.68. The zero-order valence-electron chi connectivity index (χ0n) is 15.6. The number of hydrogen-bond acceptors (Lipinski definition) is 2. The van der Waals surface area contributed by atoms with Crippen LogP contribution in [0.15, 0.2) is 18.2 Å². The molecule has 0 N–H and O–H groups in total. The topological polar surface area (TPSA) is 26.3 Å². The van der Waals surface area contributed by atoms with Gasteiger partial charge in [-0.25, -0.2) is 0 Å². The number of carbonyl (C=O) groups is 1. The maximum Gasteiger partial charge on any atom is 0.258 e. The average Bonchev–Trinajstić information content (AvgIpc) is 2.50. The lowest BCUT2D eigenvalue weighted by atomic mass is 10.1. The van der Waals surface area contributed by atoms with Gasteiger partial charge in [0.15, 0.2) is 5.78 Å². The molecular formula is C19H31ClO2Si. The first kappa shape index (κ1) is 20.2. The Kier molecular flexibility index (Phi) is 7.34. The molecule has 0 amide bonds. The molecule has 130 valence electrons. The van der Waals surface area contributed by atoms with E-state index >= 15 is 0 Å². The monoisotopic (exact) mass is 354 g/mol. The van der Waals surface area contributed by atoms with Crippen molar-refractivity contribution in [2.75, 3.05) is 5.88 Å². The van der Waals surface area contributed by atoms with Crippen LogP contribution in [0.5, 0.6) is 5.75 Å². The lowest BCUT2D eigenvalue weighted by Crippen LogP contribution is -2.50. The number of ketones is 1. The SMILES string of the molecule is CCc1cc(C(=O)CCl)ccc1O[Si](C(C)C)(C(C)C)C(C)C. The zero-order chi connectivity index (χ0) is 17.8. The fraction of sp³-hybridized carbons (Fsp3) is 0.632. The number of alkyl halides is 1. The van der Waals surface area contributed by atoms with Crippen LogP contribution in [0, 0.1) is 0 Å². The quantitative estimate of drug-likeness (QED) is 0.314. The van der Waals surface area contributed by atoms with Crippen LogP contribution < -0.4 is 4.43 Å². The smallest absolute Gasteiger partial charge is 0.258 e. The predicted molar refractivity (Wildman–Crippen MR) is 103 cm³/mol. The number of Topliss-reactive ketones (excluding diaryl/α,β-unsaturated/α-hetero) is 1. The molecule has 0 radical (unpaired) electrons. The number of rotatable bonds is 8. The third-order valence-corrected chi connectivity index (χ3v) is 11.1. The highest BCUT2D eigenvalue weighted by atomic mass is 35.5. The van der Waals surface area contributed by atoms with Gasteiger partial charge in [0, 0.05) is 5.56 Å². The van der Waals surface area contributed by atoms with Crippen molar-refractivity contribution in [2.24, 2.45) is 0 Å². The Hall–Kier alpha value is -0.803. The molecule has 1 aromatic rings. The molecule has 0 heterocycles. The molecule has 2 nitrogen and oxygen atoms in total. The van der Waals surface area contributed by atoms with Gasteiger partial charge in [-0.2, -0.15) is 0 Å². The molecular weight excluding hydrogens is 324 g/mol. The van der Waals surface area contributed by atoms with Crippen molar-refractivity contribution in [2.45, 2.75) is 71.5 Å². The zero-order valence-corrected chi connectivity index (χ0v) is 17.3. The molecule has 0 fully saturated rings. The number of benzene rings is 1. The summed E-state index contributed by atoms with van der Waals surface area (Å²) in [7, 11) is -1.98. The first-order valence-corrected chi connectivity index (χ1v) is 11.3. The van der Waals surface area contributed by atoms with Crippen LogP contribution in [0.25, 0.3) is 0 Å². The van der Waals surface area contributed by atoms with E-state index in [0.29, 0.717) is 22.2 Å². The molecule has 0 aliphatic carbocycles. The number of carbonyl (C=O) groups excluding carboxylic acids is 1. The van der Waals surface area contributed by atoms with E-state index in [4.69, 9.17) is 16.0 Å². The van der Waals surface area contributed by atoms with Gasteiger partial charge >= 0.3 is 0 Å². The van der Waals surface area contributed by atoms with Crippen LogP contribution in [-0.4, -0.2) is 20.0 Å². The molecule has 4 heteroatoms. The Morgan fingerprint density at radius 3 is 2.00 bits per heavy atom. The highest BCUT2D eigenvalue weighted by Gasteiger charge is 2.47.